The summed E-state index contributed by atoms with van der Waals surface area (Å²) in [6.07, 6.45) is -9.57. The number of phenols is 2. The van der Waals surface area contributed by atoms with Crippen LogP contribution in [-0.2, 0) is 14.3 Å². The molecule has 6 atom stereocenters. The lowest BCUT2D eigenvalue weighted by Crippen LogP contribution is -2.61. The molecule has 0 bridgehead atoms. The van der Waals surface area contributed by atoms with Crippen molar-refractivity contribution in [3.05, 3.63) is 41.5 Å². The number of ether oxygens (including phenoxy) is 5. The van der Waals surface area contributed by atoms with E-state index in [-0.39, 0.29) is 35.0 Å². The molecule has 35 heavy (non-hydrogen) atoms. The first-order chi connectivity index (χ1) is 16.7. The van der Waals surface area contributed by atoms with Gasteiger partial charge in [0, 0.05) is 0 Å². The number of aliphatic hydroxyl groups is 3. The van der Waals surface area contributed by atoms with Gasteiger partial charge in [0.25, 0.3) is 0 Å². The van der Waals surface area contributed by atoms with E-state index in [1.165, 1.54) is 31.4 Å². The molecule has 1 unspecified atom stereocenters. The van der Waals surface area contributed by atoms with Gasteiger partial charge in [-0.2, -0.15) is 0 Å². The van der Waals surface area contributed by atoms with Gasteiger partial charge < -0.3 is 49.2 Å². The molecule has 2 heterocycles. The van der Waals surface area contributed by atoms with Crippen molar-refractivity contribution < 1.29 is 58.8 Å². The summed E-state index contributed by atoms with van der Waals surface area (Å²) in [4.78, 5) is 24.8. The molecule has 4 rings (SSSR count). The normalized spacial score (nSPS) is 28.0. The van der Waals surface area contributed by atoms with Crippen LogP contribution in [0.1, 0.15) is 28.4 Å². The number of hydrogen-bond donors (Lipinski definition) is 5. The highest BCUT2D eigenvalue weighted by molar-refractivity contribution is 6.03. The Hall–Kier alpha value is -3.58. The quantitative estimate of drug-likeness (QED) is 0.358. The number of hydrogen-bond acceptors (Lipinski definition) is 12. The summed E-state index contributed by atoms with van der Waals surface area (Å²) in [6, 6.07) is 7.15. The third-order valence-corrected chi connectivity index (χ3v) is 5.84. The van der Waals surface area contributed by atoms with Crippen LogP contribution in [-0.4, -0.2) is 82.2 Å². The van der Waals surface area contributed by atoms with E-state index in [4.69, 9.17) is 18.9 Å². The number of ketones is 1. The molecule has 5 N–H and O–H groups in total. The van der Waals surface area contributed by atoms with Gasteiger partial charge >= 0.3 is 5.97 Å². The predicted octanol–water partition coefficient (Wildman–Crippen LogP) is 0.172. The van der Waals surface area contributed by atoms with Crippen LogP contribution >= 0.6 is 0 Å². The van der Waals surface area contributed by atoms with Gasteiger partial charge in [-0.05, 0) is 29.8 Å². The second-order valence-electron chi connectivity index (χ2n) is 7.99. The van der Waals surface area contributed by atoms with Crippen molar-refractivity contribution in [3.63, 3.8) is 0 Å². The fraction of sp³-hybridized carbons (Fsp3) is 0.391. The highest BCUT2D eigenvalue weighted by Crippen LogP contribution is 2.45. The number of carbonyl (C=O) groups is 2. The Labute approximate surface area is 198 Å². The van der Waals surface area contributed by atoms with E-state index in [9.17, 15) is 35.1 Å². The van der Waals surface area contributed by atoms with Gasteiger partial charge in [0.15, 0.2) is 34.9 Å². The molecule has 188 valence electrons. The summed E-state index contributed by atoms with van der Waals surface area (Å²) in [7, 11) is 2.44. The van der Waals surface area contributed by atoms with E-state index < -0.39 is 54.3 Å². The molecule has 2 aromatic rings. The van der Waals surface area contributed by atoms with E-state index in [1.54, 1.807) is 6.07 Å². The summed E-state index contributed by atoms with van der Waals surface area (Å²) in [6.45, 7) is 0. The molecule has 0 amide bonds. The Bertz CT molecular complexity index is 1130. The molecule has 1 fully saturated rings. The minimum absolute atomic E-state index is 0.0659. The maximum atomic E-state index is 12.9. The Morgan fingerprint density at radius 2 is 1.74 bits per heavy atom. The van der Waals surface area contributed by atoms with Crippen LogP contribution in [0.15, 0.2) is 30.3 Å². The number of phenolic OH excluding ortho intramolecular Hbond substituents is 2. The number of aliphatic hydroxyl groups excluding tert-OH is 3. The number of benzene rings is 2. The fourth-order valence-corrected chi connectivity index (χ4v) is 3.94. The lowest BCUT2D eigenvalue weighted by atomic mass is 9.95. The Morgan fingerprint density at radius 1 is 1.00 bits per heavy atom. The van der Waals surface area contributed by atoms with Gasteiger partial charge in [-0.15, -0.1) is 0 Å². The number of carbonyl (C=O) groups excluding carboxylic acids is 2. The van der Waals surface area contributed by atoms with Crippen LogP contribution < -0.4 is 14.2 Å². The molecule has 0 saturated carbocycles. The monoisotopic (exact) mass is 492 g/mol. The van der Waals surface area contributed by atoms with Gasteiger partial charge in [-0.3, -0.25) is 4.79 Å². The van der Waals surface area contributed by atoms with Gasteiger partial charge in [0.2, 0.25) is 6.29 Å². The number of fused-ring (bicyclic) bond motifs is 1. The molecular formula is C23H24O12. The molecule has 1 saturated heterocycles. The van der Waals surface area contributed by atoms with Crippen molar-refractivity contribution in [1.29, 1.82) is 0 Å². The zero-order valence-electron chi connectivity index (χ0n) is 18.7. The van der Waals surface area contributed by atoms with Crippen LogP contribution in [0, 0.1) is 0 Å². The molecule has 12 nitrogen and oxygen atoms in total. The topological polar surface area (TPSA) is 181 Å². The van der Waals surface area contributed by atoms with Crippen molar-refractivity contribution in [2.75, 3.05) is 14.2 Å². The van der Waals surface area contributed by atoms with E-state index >= 15 is 0 Å². The highest BCUT2D eigenvalue weighted by Gasteiger charge is 2.49. The minimum Gasteiger partial charge on any atom is -0.504 e. The zero-order chi connectivity index (χ0) is 25.4. The first kappa shape index (κ1) is 24.5. The third kappa shape index (κ3) is 4.44. The Kier molecular flexibility index (Phi) is 6.72. The molecule has 0 spiro atoms. The summed E-state index contributed by atoms with van der Waals surface area (Å²) in [5.41, 5.74) is 0.401. The largest absolute Gasteiger partial charge is 0.504 e. The number of Topliss-reactive ketones (excluding diaryl/α,β-unsaturated/α-hetero) is 1. The Balaban J connectivity index is 1.58. The van der Waals surface area contributed by atoms with E-state index in [1.807, 2.05) is 0 Å². The Morgan fingerprint density at radius 3 is 2.43 bits per heavy atom. The minimum atomic E-state index is -1.81. The standard InChI is InChI=1S/C23H24O12/c1-31-15-7-9(3-4-10(15)24)14-8-11(25)16-12(33-14)5-6-13(17(16)26)34-23-20(29)18(27)19(28)21(35-23)22(30)32-2/h3-7,14,18-21,23-24,26-29H,8H2,1-2H3/t14?,18-,19-,20+,21-,23+/m0/s1. The first-order valence-corrected chi connectivity index (χ1v) is 10.5. The smallest absolute Gasteiger partial charge is 0.337 e. The van der Waals surface area contributed by atoms with Gasteiger partial charge in [0.05, 0.1) is 20.6 Å². The lowest BCUT2D eigenvalue weighted by molar-refractivity contribution is -0.272. The fourth-order valence-electron chi connectivity index (χ4n) is 3.94. The third-order valence-electron chi connectivity index (χ3n) is 5.84. The van der Waals surface area contributed by atoms with Crippen molar-refractivity contribution in [2.24, 2.45) is 0 Å². The summed E-state index contributed by atoms with van der Waals surface area (Å²) < 4.78 is 26.2. The summed E-state index contributed by atoms with van der Waals surface area (Å²) >= 11 is 0. The second kappa shape index (κ2) is 9.58. The molecule has 12 heteroatoms. The van der Waals surface area contributed by atoms with Crippen molar-refractivity contribution >= 4 is 11.8 Å². The van der Waals surface area contributed by atoms with Crippen LogP contribution in [0.2, 0.25) is 0 Å². The van der Waals surface area contributed by atoms with Crippen molar-refractivity contribution in [2.45, 2.75) is 43.2 Å². The summed E-state index contributed by atoms with van der Waals surface area (Å²) in [5.74, 6) is -2.17. The number of methoxy groups -OCH3 is 2. The molecule has 2 aliphatic heterocycles. The van der Waals surface area contributed by atoms with Gasteiger partial charge in [0.1, 0.15) is 35.7 Å². The molecule has 0 aliphatic carbocycles. The SMILES string of the molecule is COC(=O)[C@H]1O[C@@H](Oc2ccc3c(c2O)C(=O)CC(c2ccc(O)c(OC)c2)O3)[C@H](O)[C@@H](O)[C@@H]1O. The molecule has 2 aromatic carbocycles. The van der Waals surface area contributed by atoms with E-state index in [0.29, 0.717) is 5.56 Å². The lowest BCUT2D eigenvalue weighted by Gasteiger charge is -2.39. The summed E-state index contributed by atoms with van der Waals surface area (Å²) in [5, 5.41) is 50.8. The maximum absolute atomic E-state index is 12.9. The zero-order valence-corrected chi connectivity index (χ0v) is 18.7. The number of esters is 1. The predicted molar refractivity (Wildman–Crippen MR) is 114 cm³/mol. The second-order valence-corrected chi connectivity index (χ2v) is 7.99. The average Bonchev–Trinajstić information content (AvgIpc) is 2.85. The van der Waals surface area contributed by atoms with Crippen molar-refractivity contribution in [3.8, 4) is 28.7 Å². The number of aromatic hydroxyl groups is 2. The molecule has 0 aromatic heterocycles. The first-order valence-electron chi connectivity index (χ1n) is 10.5. The van der Waals surface area contributed by atoms with Crippen molar-refractivity contribution in [1.82, 2.24) is 0 Å². The van der Waals surface area contributed by atoms with Crippen LogP contribution in [0.4, 0.5) is 0 Å². The van der Waals surface area contributed by atoms with Crippen LogP contribution in [0.5, 0.6) is 28.7 Å². The maximum Gasteiger partial charge on any atom is 0.337 e. The highest BCUT2D eigenvalue weighted by atomic mass is 16.7. The van der Waals surface area contributed by atoms with Gasteiger partial charge in [-0.25, -0.2) is 4.79 Å². The molecular weight excluding hydrogens is 468 g/mol. The van der Waals surface area contributed by atoms with Crippen LogP contribution in [0.3, 0.4) is 0 Å². The molecule has 0 radical (unpaired) electrons. The number of rotatable bonds is 5. The van der Waals surface area contributed by atoms with E-state index in [0.717, 1.165) is 7.11 Å². The molecule has 2 aliphatic rings. The van der Waals surface area contributed by atoms with Gasteiger partial charge in [-0.1, -0.05) is 6.07 Å². The van der Waals surface area contributed by atoms with Crippen LogP contribution in [0.25, 0.3) is 0 Å². The van der Waals surface area contributed by atoms with E-state index in [2.05, 4.69) is 4.74 Å². The average molecular weight is 492 g/mol.